The minimum atomic E-state index is -3.83. The maximum Gasteiger partial charge on any atom is 0.417 e. The number of sulfonamides is 1. The lowest BCUT2D eigenvalue weighted by Crippen LogP contribution is -2.37. The number of aliphatic carboxylic acids is 1. The molecule has 23 heavy (non-hydrogen) atoms. The molecule has 3 atom stereocenters. The monoisotopic (exact) mass is 338 g/mol. The summed E-state index contributed by atoms with van der Waals surface area (Å²) in [5.74, 6) is -2.26. The topological polar surface area (TPSA) is 121 Å². The molecule has 2 aliphatic heterocycles. The number of aromatic nitrogens is 1. The number of fused-ring (bicyclic) bond motifs is 3. The predicted molar refractivity (Wildman–Crippen MR) is 78.4 cm³/mol. The molecular weight excluding hydrogens is 324 g/mol. The third kappa shape index (κ3) is 2.03. The number of aromatic amines is 1. The maximum atomic E-state index is 12.9. The Kier molecular flexibility index (Phi) is 2.94. The SMILES string of the molecule is O=C(O)C1CC2CCC1N2S(=O)(=O)c1ccc2[nH]c(=O)oc2c1. The van der Waals surface area contributed by atoms with Gasteiger partial charge >= 0.3 is 11.7 Å². The van der Waals surface area contributed by atoms with Gasteiger partial charge in [-0.15, -0.1) is 0 Å². The van der Waals surface area contributed by atoms with Crippen molar-refractivity contribution in [3.8, 4) is 0 Å². The van der Waals surface area contributed by atoms with Crippen LogP contribution in [-0.2, 0) is 14.8 Å². The highest BCUT2D eigenvalue weighted by atomic mass is 32.2. The highest BCUT2D eigenvalue weighted by Crippen LogP contribution is 2.45. The van der Waals surface area contributed by atoms with E-state index >= 15 is 0 Å². The normalized spacial score (nSPS) is 27.7. The molecule has 122 valence electrons. The van der Waals surface area contributed by atoms with E-state index in [1.807, 2.05) is 0 Å². The molecule has 2 bridgehead atoms. The van der Waals surface area contributed by atoms with Gasteiger partial charge < -0.3 is 9.52 Å². The van der Waals surface area contributed by atoms with Gasteiger partial charge in [0.1, 0.15) is 0 Å². The number of H-pyrrole nitrogens is 1. The summed E-state index contributed by atoms with van der Waals surface area (Å²) in [6.07, 6.45) is 1.58. The van der Waals surface area contributed by atoms with Gasteiger partial charge in [0.25, 0.3) is 0 Å². The number of nitrogens with one attached hydrogen (secondary N) is 1. The van der Waals surface area contributed by atoms with Crippen LogP contribution in [0.25, 0.3) is 11.1 Å². The Morgan fingerprint density at radius 2 is 2.13 bits per heavy atom. The van der Waals surface area contributed by atoms with Crippen LogP contribution in [-0.4, -0.2) is 40.9 Å². The summed E-state index contributed by atoms with van der Waals surface area (Å²) in [4.78, 5) is 25.0. The first-order valence-electron chi connectivity index (χ1n) is 7.27. The fraction of sp³-hybridized carbons (Fsp3) is 0.429. The molecule has 1 aromatic heterocycles. The van der Waals surface area contributed by atoms with Gasteiger partial charge in [-0.2, -0.15) is 4.31 Å². The van der Waals surface area contributed by atoms with E-state index in [0.29, 0.717) is 24.8 Å². The fourth-order valence-electron chi connectivity index (χ4n) is 3.79. The summed E-state index contributed by atoms with van der Waals surface area (Å²) in [5, 5.41) is 9.26. The molecule has 3 heterocycles. The molecule has 0 saturated carbocycles. The minimum Gasteiger partial charge on any atom is -0.481 e. The van der Waals surface area contributed by atoms with Crippen LogP contribution in [0.15, 0.2) is 32.3 Å². The number of hydrogen-bond donors (Lipinski definition) is 2. The molecule has 4 rings (SSSR count). The second-order valence-electron chi connectivity index (χ2n) is 5.99. The lowest BCUT2D eigenvalue weighted by Gasteiger charge is -2.22. The van der Waals surface area contributed by atoms with E-state index in [-0.39, 0.29) is 16.5 Å². The Labute approximate surface area is 130 Å². The summed E-state index contributed by atoms with van der Waals surface area (Å²) >= 11 is 0. The molecule has 2 fully saturated rings. The summed E-state index contributed by atoms with van der Waals surface area (Å²) in [7, 11) is -3.83. The molecule has 9 heteroatoms. The zero-order valence-corrected chi connectivity index (χ0v) is 12.7. The first-order valence-corrected chi connectivity index (χ1v) is 8.71. The molecular formula is C14H14N2O6S. The molecule has 0 spiro atoms. The average molecular weight is 338 g/mol. The Morgan fingerprint density at radius 1 is 1.35 bits per heavy atom. The van der Waals surface area contributed by atoms with Crippen LogP contribution < -0.4 is 5.76 Å². The quantitative estimate of drug-likeness (QED) is 0.852. The van der Waals surface area contributed by atoms with E-state index in [4.69, 9.17) is 4.42 Å². The van der Waals surface area contributed by atoms with Gasteiger partial charge in [-0.25, -0.2) is 13.2 Å². The maximum absolute atomic E-state index is 12.9. The molecule has 2 N–H and O–H groups in total. The van der Waals surface area contributed by atoms with E-state index in [9.17, 15) is 23.1 Å². The predicted octanol–water partition coefficient (Wildman–Crippen LogP) is 0.747. The number of carbonyl (C=O) groups is 1. The van der Waals surface area contributed by atoms with Gasteiger partial charge in [0.05, 0.1) is 16.3 Å². The zero-order chi connectivity index (χ0) is 16.4. The molecule has 1 aromatic carbocycles. The Morgan fingerprint density at radius 3 is 2.83 bits per heavy atom. The summed E-state index contributed by atoms with van der Waals surface area (Å²) in [6.45, 7) is 0. The molecule has 8 nitrogen and oxygen atoms in total. The van der Waals surface area contributed by atoms with Crippen LogP contribution in [0.5, 0.6) is 0 Å². The highest BCUT2D eigenvalue weighted by molar-refractivity contribution is 7.89. The van der Waals surface area contributed by atoms with Crippen molar-refractivity contribution in [3.05, 3.63) is 28.7 Å². The van der Waals surface area contributed by atoms with Crippen molar-refractivity contribution in [1.29, 1.82) is 0 Å². The van der Waals surface area contributed by atoms with Crippen LogP contribution in [0.2, 0.25) is 0 Å². The van der Waals surface area contributed by atoms with Gasteiger partial charge in [-0.05, 0) is 31.4 Å². The molecule has 0 radical (unpaired) electrons. The van der Waals surface area contributed by atoms with Crippen molar-refractivity contribution < 1.29 is 22.7 Å². The van der Waals surface area contributed by atoms with Crippen molar-refractivity contribution in [2.45, 2.75) is 36.2 Å². The van der Waals surface area contributed by atoms with Crippen molar-refractivity contribution in [1.82, 2.24) is 9.29 Å². The van der Waals surface area contributed by atoms with Crippen molar-refractivity contribution in [3.63, 3.8) is 0 Å². The molecule has 2 aromatic rings. The largest absolute Gasteiger partial charge is 0.481 e. The number of nitrogens with zero attached hydrogens (tertiary/aromatic N) is 1. The smallest absolute Gasteiger partial charge is 0.417 e. The standard InChI is InChI=1S/C14H14N2O6S/c17-13(18)9-5-7-1-4-11(9)16(7)23(20,21)8-2-3-10-12(6-8)22-14(19)15-10/h2-3,6-7,9,11H,1,4-5H2,(H,15,19)(H,17,18). The summed E-state index contributed by atoms with van der Waals surface area (Å²) in [5.41, 5.74) is 0.583. The lowest BCUT2D eigenvalue weighted by molar-refractivity contribution is -0.142. The number of oxazole rings is 1. The van der Waals surface area contributed by atoms with Crippen LogP contribution >= 0.6 is 0 Å². The van der Waals surface area contributed by atoms with Gasteiger partial charge in [-0.1, -0.05) is 0 Å². The summed E-state index contributed by atoms with van der Waals surface area (Å²) < 4.78 is 32.1. The minimum absolute atomic E-state index is 0.00990. The molecule has 0 aliphatic carbocycles. The van der Waals surface area contributed by atoms with E-state index < -0.39 is 33.7 Å². The van der Waals surface area contributed by atoms with Crippen LogP contribution in [0, 0.1) is 5.92 Å². The molecule has 2 saturated heterocycles. The third-order valence-electron chi connectivity index (χ3n) is 4.76. The van der Waals surface area contributed by atoms with E-state index in [1.54, 1.807) is 0 Å². The number of benzene rings is 1. The first-order chi connectivity index (χ1) is 10.9. The Bertz CT molecular complexity index is 959. The average Bonchev–Trinajstić information content (AvgIpc) is 3.16. The van der Waals surface area contributed by atoms with Gasteiger partial charge in [-0.3, -0.25) is 9.78 Å². The lowest BCUT2D eigenvalue weighted by atomic mass is 9.89. The van der Waals surface area contributed by atoms with E-state index in [1.165, 1.54) is 22.5 Å². The van der Waals surface area contributed by atoms with Crippen LogP contribution in [0.3, 0.4) is 0 Å². The van der Waals surface area contributed by atoms with Gasteiger partial charge in [0.15, 0.2) is 5.58 Å². The molecule has 0 amide bonds. The first kappa shape index (κ1) is 14.5. The zero-order valence-electron chi connectivity index (χ0n) is 11.9. The molecule has 2 aliphatic rings. The second-order valence-corrected chi connectivity index (χ2v) is 7.83. The van der Waals surface area contributed by atoms with Crippen molar-refractivity contribution in [2.24, 2.45) is 5.92 Å². The number of carboxylic acids is 1. The Balaban J connectivity index is 1.77. The van der Waals surface area contributed by atoms with Gasteiger partial charge in [0, 0.05) is 18.2 Å². The van der Waals surface area contributed by atoms with Crippen molar-refractivity contribution >= 4 is 27.1 Å². The van der Waals surface area contributed by atoms with E-state index in [0.717, 1.165) is 0 Å². The van der Waals surface area contributed by atoms with Crippen LogP contribution in [0.1, 0.15) is 19.3 Å². The number of carboxylic acid groups (broad SMARTS) is 1. The Hall–Kier alpha value is -2.13. The second kappa shape index (κ2) is 4.68. The third-order valence-corrected chi connectivity index (χ3v) is 6.73. The fourth-order valence-corrected chi connectivity index (χ4v) is 5.72. The summed E-state index contributed by atoms with van der Waals surface area (Å²) in [6, 6.07) is 3.39. The van der Waals surface area contributed by atoms with E-state index in [2.05, 4.69) is 4.98 Å². The van der Waals surface area contributed by atoms with Gasteiger partial charge in [0.2, 0.25) is 10.0 Å². The highest BCUT2D eigenvalue weighted by Gasteiger charge is 2.54. The number of hydrogen-bond acceptors (Lipinski definition) is 5. The van der Waals surface area contributed by atoms with Crippen LogP contribution in [0.4, 0.5) is 0 Å². The van der Waals surface area contributed by atoms with Crippen molar-refractivity contribution in [2.75, 3.05) is 0 Å². The number of rotatable bonds is 3. The molecule has 3 unspecified atom stereocenters.